The molecule has 0 saturated heterocycles. The first-order valence-corrected chi connectivity index (χ1v) is 9.51. The third-order valence-corrected chi connectivity index (χ3v) is 9.28. The van der Waals surface area contributed by atoms with Gasteiger partial charge in [-0.05, 0) is 78.9 Å². The van der Waals surface area contributed by atoms with Gasteiger partial charge in [0.1, 0.15) is 5.78 Å². The van der Waals surface area contributed by atoms with Crippen LogP contribution in [0.3, 0.4) is 0 Å². The smallest absolute Gasteiger partial charge is 0.133 e. The number of carbonyl (C=O) groups is 1. The highest BCUT2D eigenvalue weighted by Gasteiger charge is 2.65. The maximum atomic E-state index is 11.9. The molecule has 0 aromatic heterocycles. The van der Waals surface area contributed by atoms with Crippen molar-refractivity contribution in [3.05, 3.63) is 0 Å². The van der Waals surface area contributed by atoms with Gasteiger partial charge >= 0.3 is 0 Å². The highest BCUT2D eigenvalue weighted by molar-refractivity contribution is 5.79. The van der Waals surface area contributed by atoms with E-state index in [0.717, 1.165) is 37.5 Å². The number of fused-ring (bicyclic) bond motifs is 5. The minimum Gasteiger partial charge on any atom is -0.393 e. The Morgan fingerprint density at radius 3 is 2.41 bits per heavy atom. The van der Waals surface area contributed by atoms with Gasteiger partial charge in [0.25, 0.3) is 0 Å². The van der Waals surface area contributed by atoms with E-state index >= 15 is 0 Å². The molecule has 7 atom stereocenters. The fraction of sp³-hybridized carbons (Fsp3) is 0.950. The summed E-state index contributed by atoms with van der Waals surface area (Å²) in [6.07, 6.45) is 9.85. The van der Waals surface area contributed by atoms with Gasteiger partial charge in [0.15, 0.2) is 0 Å². The Kier molecular flexibility index (Phi) is 3.16. The molecule has 124 valence electrons. The summed E-state index contributed by atoms with van der Waals surface area (Å²) in [6.45, 7) is 7.34. The largest absolute Gasteiger partial charge is 0.393 e. The SMILES string of the molecule is C[C@]12CCC(=O)C[C@@H]1CC[C@@H]1[C@@H]2CC[C@]2(C)[C@@H](O)CC[C@@]12C. The number of Topliss-reactive ketones (excluding diaryl/α,β-unsaturated/α-hetero) is 1. The third kappa shape index (κ3) is 1.68. The van der Waals surface area contributed by atoms with Gasteiger partial charge < -0.3 is 5.11 Å². The summed E-state index contributed by atoms with van der Waals surface area (Å²) in [4.78, 5) is 11.9. The Morgan fingerprint density at radius 1 is 0.909 bits per heavy atom. The van der Waals surface area contributed by atoms with E-state index in [9.17, 15) is 9.90 Å². The van der Waals surface area contributed by atoms with Crippen LogP contribution in [0.25, 0.3) is 0 Å². The second-order valence-electron chi connectivity index (χ2n) is 9.66. The van der Waals surface area contributed by atoms with Gasteiger partial charge in [-0.2, -0.15) is 0 Å². The summed E-state index contributed by atoms with van der Waals surface area (Å²) in [7, 11) is 0. The van der Waals surface area contributed by atoms with E-state index in [-0.39, 0.29) is 11.5 Å². The van der Waals surface area contributed by atoms with Gasteiger partial charge in [-0.15, -0.1) is 0 Å². The average Bonchev–Trinajstić information content (AvgIpc) is 2.72. The molecule has 0 unspecified atom stereocenters. The molecule has 4 saturated carbocycles. The van der Waals surface area contributed by atoms with Gasteiger partial charge in [-0.3, -0.25) is 4.79 Å². The molecule has 4 aliphatic carbocycles. The van der Waals surface area contributed by atoms with E-state index in [1.54, 1.807) is 0 Å². The van der Waals surface area contributed by atoms with Crippen LogP contribution in [0.1, 0.15) is 78.6 Å². The zero-order valence-corrected chi connectivity index (χ0v) is 14.5. The standard InChI is InChI=1S/C20H32O2/c1-18-9-6-14(21)12-13(18)4-5-16-15(18)7-10-20(3)17(22)8-11-19(16,20)2/h13,15-17,22H,4-12H2,1-3H3/t13-,15-,16+,17-,18-,19-,20+/m0/s1. The Labute approximate surface area is 135 Å². The van der Waals surface area contributed by atoms with E-state index in [0.29, 0.717) is 22.5 Å². The summed E-state index contributed by atoms with van der Waals surface area (Å²) in [5.41, 5.74) is 0.821. The quantitative estimate of drug-likeness (QED) is 0.722. The third-order valence-electron chi connectivity index (χ3n) is 9.28. The van der Waals surface area contributed by atoms with Crippen molar-refractivity contribution in [2.24, 2.45) is 34.0 Å². The Morgan fingerprint density at radius 2 is 1.64 bits per heavy atom. The van der Waals surface area contributed by atoms with Crippen LogP contribution in [0.4, 0.5) is 0 Å². The molecule has 4 aliphatic rings. The maximum Gasteiger partial charge on any atom is 0.133 e. The van der Waals surface area contributed by atoms with Crippen molar-refractivity contribution in [1.82, 2.24) is 0 Å². The van der Waals surface area contributed by atoms with Crippen LogP contribution >= 0.6 is 0 Å². The van der Waals surface area contributed by atoms with Gasteiger partial charge in [0.2, 0.25) is 0 Å². The summed E-state index contributed by atoms with van der Waals surface area (Å²) >= 11 is 0. The Balaban J connectivity index is 1.69. The van der Waals surface area contributed by atoms with E-state index in [4.69, 9.17) is 0 Å². The second-order valence-corrected chi connectivity index (χ2v) is 9.66. The second kappa shape index (κ2) is 4.59. The van der Waals surface area contributed by atoms with Crippen LogP contribution in [0, 0.1) is 34.0 Å². The molecule has 0 heterocycles. The number of hydrogen-bond donors (Lipinski definition) is 1. The summed E-state index contributed by atoms with van der Waals surface area (Å²) in [6, 6.07) is 0. The highest BCUT2D eigenvalue weighted by Crippen LogP contribution is 2.71. The maximum absolute atomic E-state index is 11.9. The molecule has 1 N–H and O–H groups in total. The lowest BCUT2D eigenvalue weighted by atomic mass is 9.41. The summed E-state index contributed by atoms with van der Waals surface area (Å²) in [5.74, 6) is 2.68. The van der Waals surface area contributed by atoms with E-state index in [1.807, 2.05) is 0 Å². The summed E-state index contributed by atoms with van der Waals surface area (Å²) < 4.78 is 0. The topological polar surface area (TPSA) is 37.3 Å². The van der Waals surface area contributed by atoms with E-state index in [2.05, 4.69) is 20.8 Å². The average molecular weight is 304 g/mol. The lowest BCUT2D eigenvalue weighted by Crippen LogP contribution is -2.58. The molecular weight excluding hydrogens is 272 g/mol. The first kappa shape index (κ1) is 15.2. The van der Waals surface area contributed by atoms with Crippen LogP contribution in [0.15, 0.2) is 0 Å². The van der Waals surface area contributed by atoms with Crippen molar-refractivity contribution in [2.75, 3.05) is 0 Å². The molecule has 22 heavy (non-hydrogen) atoms. The van der Waals surface area contributed by atoms with Gasteiger partial charge in [0, 0.05) is 12.8 Å². The minimum absolute atomic E-state index is 0.100. The Bertz CT molecular complexity index is 500. The molecule has 0 aliphatic heterocycles. The van der Waals surface area contributed by atoms with Crippen molar-refractivity contribution in [1.29, 1.82) is 0 Å². The molecule has 2 nitrogen and oxygen atoms in total. The summed E-state index contributed by atoms with van der Waals surface area (Å²) in [5, 5.41) is 10.6. The number of aliphatic hydroxyl groups excluding tert-OH is 1. The van der Waals surface area contributed by atoms with Crippen molar-refractivity contribution < 1.29 is 9.90 Å². The zero-order chi connectivity index (χ0) is 15.8. The van der Waals surface area contributed by atoms with Crippen LogP contribution < -0.4 is 0 Å². The van der Waals surface area contributed by atoms with E-state index in [1.165, 1.54) is 32.1 Å². The van der Waals surface area contributed by atoms with Crippen molar-refractivity contribution in [2.45, 2.75) is 84.7 Å². The zero-order valence-electron chi connectivity index (χ0n) is 14.5. The molecule has 0 radical (unpaired) electrons. The van der Waals surface area contributed by atoms with Crippen molar-refractivity contribution in [3.63, 3.8) is 0 Å². The number of rotatable bonds is 0. The van der Waals surface area contributed by atoms with Crippen LogP contribution in [-0.4, -0.2) is 17.0 Å². The van der Waals surface area contributed by atoms with Crippen molar-refractivity contribution >= 4 is 5.78 Å². The number of ketones is 1. The molecular formula is C20H32O2. The predicted molar refractivity (Wildman–Crippen MR) is 87.4 cm³/mol. The molecule has 0 spiro atoms. The van der Waals surface area contributed by atoms with Gasteiger partial charge in [0.05, 0.1) is 6.10 Å². The number of aliphatic hydroxyl groups is 1. The molecule has 4 rings (SSSR count). The fourth-order valence-electron chi connectivity index (χ4n) is 7.42. The lowest BCUT2D eigenvalue weighted by molar-refractivity contribution is -0.166. The molecule has 4 fully saturated rings. The highest BCUT2D eigenvalue weighted by atomic mass is 16.3. The van der Waals surface area contributed by atoms with Gasteiger partial charge in [-0.25, -0.2) is 0 Å². The molecule has 0 aromatic carbocycles. The molecule has 2 heteroatoms. The van der Waals surface area contributed by atoms with Crippen LogP contribution in [-0.2, 0) is 4.79 Å². The minimum atomic E-state index is -0.100. The lowest BCUT2D eigenvalue weighted by Gasteiger charge is -2.63. The number of hydrogen-bond acceptors (Lipinski definition) is 2. The van der Waals surface area contributed by atoms with Gasteiger partial charge in [-0.1, -0.05) is 20.8 Å². The van der Waals surface area contributed by atoms with Crippen LogP contribution in [0.2, 0.25) is 0 Å². The molecule has 0 bridgehead atoms. The molecule has 0 amide bonds. The monoisotopic (exact) mass is 304 g/mol. The fourth-order valence-corrected chi connectivity index (χ4v) is 7.42. The Hall–Kier alpha value is -0.370. The first-order chi connectivity index (χ1) is 10.3. The number of carbonyl (C=O) groups excluding carboxylic acids is 1. The normalized spacial score (nSPS) is 57.9. The first-order valence-electron chi connectivity index (χ1n) is 9.51. The van der Waals surface area contributed by atoms with E-state index < -0.39 is 0 Å². The molecule has 0 aromatic rings. The predicted octanol–water partition coefficient (Wildman–Crippen LogP) is 4.35. The van der Waals surface area contributed by atoms with Crippen LogP contribution in [0.5, 0.6) is 0 Å². The van der Waals surface area contributed by atoms with Crippen molar-refractivity contribution in [3.8, 4) is 0 Å².